The van der Waals surface area contributed by atoms with Crippen molar-refractivity contribution in [1.82, 2.24) is 9.55 Å². The Kier molecular flexibility index (Phi) is 8.22. The minimum Gasteiger partial charge on any atom is -0.468 e. The molecule has 0 bridgehead atoms. The molecule has 2 aliphatic heterocycles. The predicted molar refractivity (Wildman–Crippen MR) is 169 cm³/mol. The normalized spacial score (nSPS) is 19.1. The third-order valence-corrected chi connectivity index (χ3v) is 9.10. The number of hydrogen-bond donors (Lipinski definition) is 1. The van der Waals surface area contributed by atoms with Crippen LogP contribution in [0.4, 0.5) is 17.2 Å². The molecule has 0 saturated carbocycles. The van der Waals surface area contributed by atoms with Crippen LogP contribution in [0.5, 0.6) is 0 Å². The van der Waals surface area contributed by atoms with Gasteiger partial charge in [0.25, 0.3) is 0 Å². The Hall–Kier alpha value is -3.82. The molecular weight excluding hydrogens is 546 g/mol. The number of hydrogen-bond acceptors (Lipinski definition) is 8. The molecule has 8 nitrogen and oxygen atoms in total. The van der Waals surface area contributed by atoms with E-state index in [4.69, 9.17) is 14.5 Å². The van der Waals surface area contributed by atoms with Crippen molar-refractivity contribution in [2.45, 2.75) is 45.4 Å². The van der Waals surface area contributed by atoms with Crippen molar-refractivity contribution in [2.75, 3.05) is 55.0 Å². The topological polar surface area (TPSA) is 71.9 Å². The summed E-state index contributed by atoms with van der Waals surface area (Å²) >= 11 is 1.69. The fraction of sp³-hybridized carbons (Fsp3) is 0.394. The highest BCUT2D eigenvalue weighted by Crippen LogP contribution is 2.43. The molecule has 9 heteroatoms. The highest BCUT2D eigenvalue weighted by atomic mass is 32.1. The van der Waals surface area contributed by atoms with Crippen LogP contribution in [0, 0.1) is 13.8 Å². The summed E-state index contributed by atoms with van der Waals surface area (Å²) in [7, 11) is 1.43. The van der Waals surface area contributed by atoms with Crippen LogP contribution < -0.4 is 15.1 Å². The maximum Gasteiger partial charge on any atom is 0.325 e. The first kappa shape index (κ1) is 28.3. The van der Waals surface area contributed by atoms with Gasteiger partial charge < -0.3 is 29.2 Å². The Labute approximate surface area is 251 Å². The minimum absolute atomic E-state index is 0.132. The summed E-state index contributed by atoms with van der Waals surface area (Å²) in [5.74, 6) is 0.789. The number of esters is 1. The second kappa shape index (κ2) is 12.2. The molecular formula is C33H39N5O3S. The number of thiophene rings is 1. The smallest absolute Gasteiger partial charge is 0.325 e. The van der Waals surface area contributed by atoms with Crippen LogP contribution in [-0.2, 0) is 26.5 Å². The van der Waals surface area contributed by atoms with E-state index in [0.717, 1.165) is 78.8 Å². The van der Waals surface area contributed by atoms with Gasteiger partial charge in [-0.05, 0) is 86.2 Å². The molecule has 0 amide bonds. The average Bonchev–Trinajstić information content (AvgIpc) is 3.68. The van der Waals surface area contributed by atoms with Crippen molar-refractivity contribution in [2.24, 2.45) is 0 Å². The number of benzene rings is 1. The molecule has 5 heterocycles. The summed E-state index contributed by atoms with van der Waals surface area (Å²) in [4.78, 5) is 23.1. The van der Waals surface area contributed by atoms with Gasteiger partial charge in [0.2, 0.25) is 0 Å². The third-order valence-electron chi connectivity index (χ3n) is 8.20. The Morgan fingerprint density at radius 3 is 2.50 bits per heavy atom. The number of anilines is 3. The van der Waals surface area contributed by atoms with Crippen molar-refractivity contribution in [3.8, 4) is 10.4 Å². The van der Waals surface area contributed by atoms with Gasteiger partial charge in [-0.3, -0.25) is 4.79 Å². The van der Waals surface area contributed by atoms with Crippen LogP contribution in [0.1, 0.15) is 36.2 Å². The molecule has 2 saturated heterocycles. The number of methoxy groups -OCH3 is 1. The molecule has 3 aromatic heterocycles. The standard InChI is InChI=1S/C33H39N5O3S/c1-24-21-25(2)34-30(22-24)37-17-15-36(16-18-37)27-10-8-26(9-11-27)35-33(13-4-5-19-41-33)32-28(29-7-6-20-42-29)12-14-38(32)23-31(39)40-3/h6-12,14,20-22,35H,4-5,13,15-19,23H2,1-3H3. The zero-order valence-corrected chi connectivity index (χ0v) is 25.5. The maximum atomic E-state index is 12.4. The molecule has 2 aliphatic rings. The first-order valence-corrected chi connectivity index (χ1v) is 15.6. The Balaban J connectivity index is 1.22. The predicted octanol–water partition coefficient (Wildman–Crippen LogP) is 6.19. The number of pyridine rings is 1. The summed E-state index contributed by atoms with van der Waals surface area (Å²) in [5.41, 5.74) is 5.80. The number of nitrogens with zero attached hydrogens (tertiary/aromatic N) is 4. The summed E-state index contributed by atoms with van der Waals surface area (Å²) in [6.45, 7) is 8.74. The lowest BCUT2D eigenvalue weighted by Crippen LogP contribution is -2.47. The van der Waals surface area contributed by atoms with E-state index < -0.39 is 5.72 Å². The van der Waals surface area contributed by atoms with E-state index in [-0.39, 0.29) is 12.5 Å². The van der Waals surface area contributed by atoms with E-state index in [1.807, 2.05) is 10.8 Å². The largest absolute Gasteiger partial charge is 0.468 e. The second-order valence-electron chi connectivity index (χ2n) is 11.2. The molecule has 0 radical (unpaired) electrons. The molecule has 6 rings (SSSR count). The minimum atomic E-state index is -0.763. The van der Waals surface area contributed by atoms with Crippen LogP contribution in [0.15, 0.2) is 66.2 Å². The molecule has 220 valence electrons. The number of aryl methyl sites for hydroxylation is 2. The van der Waals surface area contributed by atoms with Gasteiger partial charge in [0.15, 0.2) is 5.72 Å². The highest BCUT2D eigenvalue weighted by Gasteiger charge is 2.40. The SMILES string of the molecule is COC(=O)Cn1ccc(-c2cccs2)c1C1(Nc2ccc(N3CCN(c4cc(C)cc(C)n4)CC3)cc2)CCCCO1. The first-order valence-electron chi connectivity index (χ1n) is 14.7. The van der Waals surface area contributed by atoms with E-state index in [2.05, 4.69) is 88.9 Å². The number of ether oxygens (including phenoxy) is 2. The van der Waals surface area contributed by atoms with Gasteiger partial charge in [0.1, 0.15) is 12.4 Å². The fourth-order valence-corrected chi connectivity index (χ4v) is 6.94. The zero-order valence-electron chi connectivity index (χ0n) is 24.6. The van der Waals surface area contributed by atoms with Crippen molar-refractivity contribution >= 4 is 34.5 Å². The highest BCUT2D eigenvalue weighted by molar-refractivity contribution is 7.13. The van der Waals surface area contributed by atoms with Gasteiger partial charge in [-0.25, -0.2) is 4.98 Å². The number of nitrogens with one attached hydrogen (secondary N) is 1. The van der Waals surface area contributed by atoms with Gasteiger partial charge in [-0.1, -0.05) is 6.07 Å². The molecule has 4 aromatic rings. The lowest BCUT2D eigenvalue weighted by Gasteiger charge is -2.40. The van der Waals surface area contributed by atoms with E-state index in [0.29, 0.717) is 6.61 Å². The summed E-state index contributed by atoms with van der Waals surface area (Å²) in [6, 6.07) is 19.2. The zero-order chi connectivity index (χ0) is 29.1. The van der Waals surface area contributed by atoms with Gasteiger partial charge in [0, 0.05) is 72.9 Å². The second-order valence-corrected chi connectivity index (χ2v) is 12.1. The average molecular weight is 586 g/mol. The van der Waals surface area contributed by atoms with Crippen LogP contribution >= 0.6 is 11.3 Å². The van der Waals surface area contributed by atoms with Gasteiger partial charge in [-0.2, -0.15) is 0 Å². The molecule has 0 spiro atoms. The van der Waals surface area contributed by atoms with E-state index in [9.17, 15) is 4.79 Å². The molecule has 1 aromatic carbocycles. The van der Waals surface area contributed by atoms with Crippen molar-refractivity contribution in [3.05, 3.63) is 83.1 Å². The van der Waals surface area contributed by atoms with Crippen molar-refractivity contribution in [1.29, 1.82) is 0 Å². The van der Waals surface area contributed by atoms with Gasteiger partial charge in [-0.15, -0.1) is 11.3 Å². The monoisotopic (exact) mass is 585 g/mol. The van der Waals surface area contributed by atoms with Crippen LogP contribution in [0.3, 0.4) is 0 Å². The molecule has 1 unspecified atom stereocenters. The van der Waals surface area contributed by atoms with E-state index in [1.165, 1.54) is 18.4 Å². The third kappa shape index (κ3) is 5.89. The summed E-state index contributed by atoms with van der Waals surface area (Å²) in [6.07, 6.45) is 4.81. The van der Waals surface area contributed by atoms with Crippen LogP contribution in [0.2, 0.25) is 0 Å². The van der Waals surface area contributed by atoms with Crippen molar-refractivity contribution in [3.63, 3.8) is 0 Å². The van der Waals surface area contributed by atoms with Crippen molar-refractivity contribution < 1.29 is 14.3 Å². The maximum absolute atomic E-state index is 12.4. The molecule has 1 N–H and O–H groups in total. The molecule has 2 fully saturated rings. The summed E-state index contributed by atoms with van der Waals surface area (Å²) < 4.78 is 13.6. The number of carbonyl (C=O) groups excluding carboxylic acids is 1. The van der Waals surface area contributed by atoms with E-state index >= 15 is 0 Å². The van der Waals surface area contributed by atoms with Crippen LogP contribution in [0.25, 0.3) is 10.4 Å². The van der Waals surface area contributed by atoms with Gasteiger partial charge in [0.05, 0.1) is 12.8 Å². The van der Waals surface area contributed by atoms with E-state index in [1.54, 1.807) is 11.3 Å². The Morgan fingerprint density at radius 1 is 1.05 bits per heavy atom. The molecule has 42 heavy (non-hydrogen) atoms. The quantitative estimate of drug-likeness (QED) is 0.247. The molecule has 0 aliphatic carbocycles. The van der Waals surface area contributed by atoms with Gasteiger partial charge >= 0.3 is 5.97 Å². The Bertz CT molecular complexity index is 1480. The number of rotatable bonds is 8. The fourth-order valence-electron chi connectivity index (χ4n) is 6.19. The first-order chi connectivity index (χ1) is 20.4. The number of aromatic nitrogens is 2. The lowest BCUT2D eigenvalue weighted by molar-refractivity contribution is -0.141. The van der Waals surface area contributed by atoms with Crippen LogP contribution in [-0.4, -0.2) is 55.4 Å². The summed E-state index contributed by atoms with van der Waals surface area (Å²) in [5, 5.41) is 5.85. The molecule has 1 atom stereocenters. The number of piperazine rings is 1. The number of carbonyl (C=O) groups is 1. The Morgan fingerprint density at radius 2 is 1.83 bits per heavy atom. The lowest BCUT2D eigenvalue weighted by atomic mass is 9.94.